The lowest BCUT2D eigenvalue weighted by atomic mass is 9.97. The van der Waals surface area contributed by atoms with Crippen molar-refractivity contribution in [3.05, 3.63) is 0 Å². The predicted molar refractivity (Wildman–Crippen MR) is 56.9 cm³/mol. The molecular weight excluding hydrogens is 200 g/mol. The fraction of sp³-hybridized carbons (Fsp3) is 1.00. The zero-order chi connectivity index (χ0) is 10.4. The van der Waals surface area contributed by atoms with E-state index in [0.717, 1.165) is 6.42 Å². The lowest BCUT2D eigenvalue weighted by molar-refractivity contribution is 0.427. The van der Waals surface area contributed by atoms with E-state index in [-0.39, 0.29) is 0 Å². The largest absolute Gasteiger partial charge is 0.274 e. The van der Waals surface area contributed by atoms with Crippen molar-refractivity contribution in [2.45, 2.75) is 44.9 Å². The fourth-order valence-electron chi connectivity index (χ4n) is 2.06. The average Bonchev–Trinajstić information content (AvgIpc) is 2.30. The van der Waals surface area contributed by atoms with Crippen molar-refractivity contribution in [2.75, 3.05) is 6.54 Å². The van der Waals surface area contributed by atoms with Crippen molar-refractivity contribution >= 4 is 10.2 Å². The maximum atomic E-state index is 10.6. The standard InChI is InChI=1S/C9H20N2O2S/c10-14(12,13)11-8-7-9-5-3-1-2-4-6-9/h9,11H,1-8H2,(H2,10,12,13). The van der Waals surface area contributed by atoms with E-state index in [1.54, 1.807) is 0 Å². The van der Waals surface area contributed by atoms with Gasteiger partial charge in [0.05, 0.1) is 0 Å². The average molecular weight is 220 g/mol. The Labute approximate surface area is 86.4 Å². The van der Waals surface area contributed by atoms with Gasteiger partial charge in [0.1, 0.15) is 0 Å². The highest BCUT2D eigenvalue weighted by Gasteiger charge is 2.12. The normalized spacial score (nSPS) is 20.6. The second kappa shape index (κ2) is 5.68. The molecule has 0 atom stereocenters. The van der Waals surface area contributed by atoms with Gasteiger partial charge >= 0.3 is 0 Å². The van der Waals surface area contributed by atoms with E-state index in [4.69, 9.17) is 5.14 Å². The first-order valence-electron chi connectivity index (χ1n) is 5.35. The van der Waals surface area contributed by atoms with Crippen LogP contribution in [0.2, 0.25) is 0 Å². The highest BCUT2D eigenvalue weighted by Crippen LogP contribution is 2.24. The van der Waals surface area contributed by atoms with Gasteiger partial charge in [-0.25, -0.2) is 9.86 Å². The summed E-state index contributed by atoms with van der Waals surface area (Å²) >= 11 is 0. The van der Waals surface area contributed by atoms with Crippen molar-refractivity contribution < 1.29 is 8.42 Å². The van der Waals surface area contributed by atoms with Crippen molar-refractivity contribution in [1.82, 2.24) is 4.72 Å². The molecule has 5 heteroatoms. The fourth-order valence-corrected chi connectivity index (χ4v) is 2.46. The number of nitrogens with two attached hydrogens (primary N) is 1. The molecule has 0 bridgehead atoms. The molecule has 1 aliphatic carbocycles. The summed E-state index contributed by atoms with van der Waals surface area (Å²) in [6.45, 7) is 0.490. The van der Waals surface area contributed by atoms with Gasteiger partial charge in [-0.05, 0) is 12.3 Å². The number of hydrogen-bond acceptors (Lipinski definition) is 2. The molecule has 0 aromatic carbocycles. The molecule has 0 spiro atoms. The Morgan fingerprint density at radius 1 is 1.14 bits per heavy atom. The molecule has 14 heavy (non-hydrogen) atoms. The summed E-state index contributed by atoms with van der Waals surface area (Å²) in [6, 6.07) is 0. The zero-order valence-corrected chi connectivity index (χ0v) is 9.35. The molecule has 1 fully saturated rings. The lowest BCUT2D eigenvalue weighted by Crippen LogP contribution is -2.32. The van der Waals surface area contributed by atoms with Gasteiger partial charge in [0.15, 0.2) is 0 Å². The second-order valence-electron chi connectivity index (χ2n) is 4.09. The molecule has 0 radical (unpaired) electrons. The van der Waals surface area contributed by atoms with E-state index in [0.29, 0.717) is 12.5 Å². The molecule has 0 saturated heterocycles. The molecule has 4 nitrogen and oxygen atoms in total. The molecule has 1 saturated carbocycles. The van der Waals surface area contributed by atoms with Crippen LogP contribution in [0, 0.1) is 5.92 Å². The van der Waals surface area contributed by atoms with Crippen LogP contribution in [0.5, 0.6) is 0 Å². The summed E-state index contributed by atoms with van der Waals surface area (Å²) in [5.74, 6) is 0.687. The molecule has 84 valence electrons. The summed E-state index contributed by atoms with van der Waals surface area (Å²) < 4.78 is 23.6. The van der Waals surface area contributed by atoms with Gasteiger partial charge in [-0.2, -0.15) is 8.42 Å². The molecule has 1 aliphatic rings. The van der Waals surface area contributed by atoms with E-state index in [1.807, 2.05) is 0 Å². The van der Waals surface area contributed by atoms with Crippen LogP contribution in [0.3, 0.4) is 0 Å². The van der Waals surface area contributed by atoms with E-state index in [1.165, 1.54) is 38.5 Å². The van der Waals surface area contributed by atoms with Crippen LogP contribution in [0.25, 0.3) is 0 Å². The van der Waals surface area contributed by atoms with Gasteiger partial charge in [-0.15, -0.1) is 0 Å². The van der Waals surface area contributed by atoms with Crippen molar-refractivity contribution in [3.8, 4) is 0 Å². The summed E-state index contributed by atoms with van der Waals surface area (Å²) in [7, 11) is -3.48. The third kappa shape index (κ3) is 5.57. The van der Waals surface area contributed by atoms with Crippen molar-refractivity contribution in [3.63, 3.8) is 0 Å². The molecule has 3 N–H and O–H groups in total. The van der Waals surface area contributed by atoms with E-state index in [2.05, 4.69) is 4.72 Å². The van der Waals surface area contributed by atoms with E-state index < -0.39 is 10.2 Å². The SMILES string of the molecule is NS(=O)(=O)NCCC1CCCCCC1. The molecular formula is C9H20N2O2S. The monoisotopic (exact) mass is 220 g/mol. The minimum Gasteiger partial charge on any atom is -0.216 e. The van der Waals surface area contributed by atoms with E-state index >= 15 is 0 Å². The molecule has 0 aromatic rings. The minimum atomic E-state index is -3.48. The van der Waals surface area contributed by atoms with Crippen LogP contribution in [-0.4, -0.2) is 15.0 Å². The quantitative estimate of drug-likeness (QED) is 0.697. The van der Waals surface area contributed by atoms with Crippen LogP contribution in [0.15, 0.2) is 0 Å². The van der Waals surface area contributed by atoms with Gasteiger partial charge in [0, 0.05) is 6.54 Å². The van der Waals surface area contributed by atoms with E-state index in [9.17, 15) is 8.42 Å². The van der Waals surface area contributed by atoms with Gasteiger partial charge in [-0.1, -0.05) is 38.5 Å². The molecule has 1 rings (SSSR count). The minimum absolute atomic E-state index is 0.490. The Hall–Kier alpha value is -0.130. The Morgan fingerprint density at radius 2 is 1.71 bits per heavy atom. The second-order valence-corrected chi connectivity index (χ2v) is 5.46. The highest BCUT2D eigenvalue weighted by molar-refractivity contribution is 7.87. The maximum Gasteiger partial charge on any atom is 0.274 e. The first kappa shape index (κ1) is 11.9. The third-order valence-electron chi connectivity index (χ3n) is 2.83. The Kier molecular flexibility index (Phi) is 4.84. The van der Waals surface area contributed by atoms with Crippen LogP contribution in [0.4, 0.5) is 0 Å². The van der Waals surface area contributed by atoms with Crippen LogP contribution < -0.4 is 9.86 Å². The van der Waals surface area contributed by atoms with Crippen molar-refractivity contribution in [1.29, 1.82) is 0 Å². The van der Waals surface area contributed by atoms with Gasteiger partial charge < -0.3 is 0 Å². The third-order valence-corrected chi connectivity index (χ3v) is 3.44. The first-order valence-corrected chi connectivity index (χ1v) is 6.90. The molecule has 0 unspecified atom stereocenters. The van der Waals surface area contributed by atoms with Crippen LogP contribution in [0.1, 0.15) is 44.9 Å². The lowest BCUT2D eigenvalue weighted by Gasteiger charge is -2.13. The Bertz CT molecular complexity index is 244. The molecule has 0 amide bonds. The Balaban J connectivity index is 2.16. The molecule has 0 aromatic heterocycles. The highest BCUT2D eigenvalue weighted by atomic mass is 32.2. The van der Waals surface area contributed by atoms with Crippen LogP contribution in [-0.2, 0) is 10.2 Å². The molecule has 0 heterocycles. The summed E-state index contributed by atoms with van der Waals surface area (Å²) in [5.41, 5.74) is 0. The number of rotatable bonds is 4. The predicted octanol–water partition coefficient (Wildman–Crippen LogP) is 1.14. The number of nitrogens with one attached hydrogen (secondary N) is 1. The smallest absolute Gasteiger partial charge is 0.216 e. The maximum absolute atomic E-state index is 10.6. The molecule has 0 aliphatic heterocycles. The first-order chi connectivity index (χ1) is 6.58. The zero-order valence-electron chi connectivity index (χ0n) is 8.54. The van der Waals surface area contributed by atoms with Crippen molar-refractivity contribution in [2.24, 2.45) is 11.1 Å². The van der Waals surface area contributed by atoms with Gasteiger partial charge in [0.25, 0.3) is 10.2 Å². The van der Waals surface area contributed by atoms with Gasteiger partial charge in [-0.3, -0.25) is 0 Å². The summed E-state index contributed by atoms with van der Waals surface area (Å²) in [4.78, 5) is 0. The number of hydrogen-bond donors (Lipinski definition) is 2. The topological polar surface area (TPSA) is 72.2 Å². The summed E-state index contributed by atoms with van der Waals surface area (Å²) in [5, 5.41) is 4.84. The van der Waals surface area contributed by atoms with Gasteiger partial charge in [0.2, 0.25) is 0 Å². The summed E-state index contributed by atoms with van der Waals surface area (Å²) in [6.07, 6.45) is 8.66. The Morgan fingerprint density at radius 3 is 2.21 bits per heavy atom. The van der Waals surface area contributed by atoms with Crippen LogP contribution >= 0.6 is 0 Å².